The van der Waals surface area contributed by atoms with Gasteiger partial charge in [0.2, 0.25) is 17.7 Å². The summed E-state index contributed by atoms with van der Waals surface area (Å²) < 4.78 is 5.35. The first-order chi connectivity index (χ1) is 13.5. The topological polar surface area (TPSA) is 66.9 Å². The third kappa shape index (κ3) is 3.24. The molecule has 1 atom stereocenters. The number of ether oxygens (including phenoxy) is 1. The number of imide groups is 1. The molecular weight excluding hydrogens is 356 g/mol. The molecule has 1 saturated carbocycles. The summed E-state index contributed by atoms with van der Waals surface area (Å²) >= 11 is 0. The average molecular weight is 384 g/mol. The average Bonchev–Trinajstić information content (AvgIpc) is 3.30. The summed E-state index contributed by atoms with van der Waals surface area (Å²) in [7, 11) is 0. The summed E-state index contributed by atoms with van der Waals surface area (Å²) in [6, 6.07) is 7.66. The molecular formula is C22H28N2O4. The van der Waals surface area contributed by atoms with E-state index in [0.717, 1.165) is 36.8 Å². The zero-order chi connectivity index (χ0) is 19.7. The van der Waals surface area contributed by atoms with Crippen molar-refractivity contribution in [3.05, 3.63) is 35.4 Å². The van der Waals surface area contributed by atoms with E-state index >= 15 is 0 Å². The Labute approximate surface area is 165 Å². The second-order valence-electron chi connectivity index (χ2n) is 8.25. The van der Waals surface area contributed by atoms with Crippen LogP contribution < -0.4 is 0 Å². The number of rotatable bonds is 4. The molecule has 6 nitrogen and oxygen atoms in total. The molecule has 0 N–H and O–H groups in total. The van der Waals surface area contributed by atoms with Crippen molar-refractivity contribution in [3.63, 3.8) is 0 Å². The SMILES string of the molecule is Cc1ccccc1C1(CC(=O)N2CCOCC2)CC(=O)N(C2CCCC2)C1=O. The molecule has 28 heavy (non-hydrogen) atoms. The predicted octanol–water partition coefficient (Wildman–Crippen LogP) is 2.18. The van der Waals surface area contributed by atoms with Crippen molar-refractivity contribution in [1.29, 1.82) is 0 Å². The zero-order valence-electron chi connectivity index (χ0n) is 16.5. The van der Waals surface area contributed by atoms with Gasteiger partial charge in [-0.1, -0.05) is 37.1 Å². The Morgan fingerprint density at radius 2 is 1.82 bits per heavy atom. The van der Waals surface area contributed by atoms with Crippen LogP contribution in [0, 0.1) is 6.92 Å². The summed E-state index contributed by atoms with van der Waals surface area (Å²) in [5.41, 5.74) is 0.683. The lowest BCUT2D eigenvalue weighted by Gasteiger charge is -2.33. The first-order valence-electron chi connectivity index (χ1n) is 10.3. The fourth-order valence-corrected chi connectivity index (χ4v) is 5.03. The van der Waals surface area contributed by atoms with E-state index in [4.69, 9.17) is 4.74 Å². The number of carbonyl (C=O) groups is 3. The third-order valence-corrected chi connectivity index (χ3v) is 6.52. The van der Waals surface area contributed by atoms with Gasteiger partial charge in [0.05, 0.1) is 18.6 Å². The van der Waals surface area contributed by atoms with Gasteiger partial charge in [-0.15, -0.1) is 0 Å². The van der Waals surface area contributed by atoms with Gasteiger partial charge in [-0.25, -0.2) is 0 Å². The Balaban J connectivity index is 1.70. The van der Waals surface area contributed by atoms with E-state index < -0.39 is 5.41 Å². The molecule has 2 aliphatic heterocycles. The van der Waals surface area contributed by atoms with Crippen molar-refractivity contribution in [3.8, 4) is 0 Å². The molecule has 3 aliphatic rings. The first-order valence-corrected chi connectivity index (χ1v) is 10.3. The van der Waals surface area contributed by atoms with Crippen LogP contribution >= 0.6 is 0 Å². The highest BCUT2D eigenvalue weighted by atomic mass is 16.5. The van der Waals surface area contributed by atoms with E-state index in [0.29, 0.717) is 26.3 Å². The normalized spacial score (nSPS) is 26.3. The Kier molecular flexibility index (Phi) is 5.23. The van der Waals surface area contributed by atoms with E-state index in [1.165, 1.54) is 4.90 Å². The standard InChI is InChI=1S/C22H28N2O4/c1-16-6-2-5-9-18(16)22(14-19(25)23-10-12-28-13-11-23)15-20(26)24(21(22)27)17-7-3-4-8-17/h2,5-6,9,17H,3-4,7-8,10-15H2,1H3. The summed E-state index contributed by atoms with van der Waals surface area (Å²) in [4.78, 5) is 43.1. The summed E-state index contributed by atoms with van der Waals surface area (Å²) in [6.45, 7) is 4.06. The second-order valence-corrected chi connectivity index (χ2v) is 8.25. The van der Waals surface area contributed by atoms with Crippen LogP contribution in [0.1, 0.15) is 49.7 Å². The maximum Gasteiger partial charge on any atom is 0.241 e. The molecule has 2 heterocycles. The van der Waals surface area contributed by atoms with Crippen molar-refractivity contribution in [1.82, 2.24) is 9.80 Å². The lowest BCUT2D eigenvalue weighted by atomic mass is 9.73. The highest BCUT2D eigenvalue weighted by Crippen LogP contribution is 2.44. The molecule has 6 heteroatoms. The van der Waals surface area contributed by atoms with E-state index in [1.54, 1.807) is 4.90 Å². The Bertz CT molecular complexity index is 780. The molecule has 0 radical (unpaired) electrons. The van der Waals surface area contributed by atoms with Crippen LogP contribution in [0.25, 0.3) is 0 Å². The number of hydrogen-bond acceptors (Lipinski definition) is 4. The highest BCUT2D eigenvalue weighted by Gasteiger charge is 2.56. The molecule has 2 saturated heterocycles. The molecule has 4 rings (SSSR count). The van der Waals surface area contributed by atoms with Gasteiger partial charge in [-0.2, -0.15) is 0 Å². The number of amides is 3. The van der Waals surface area contributed by atoms with Crippen LogP contribution in [0.2, 0.25) is 0 Å². The molecule has 1 aromatic carbocycles. The first kappa shape index (κ1) is 19.1. The maximum atomic E-state index is 13.7. The number of aryl methyl sites for hydroxylation is 1. The van der Waals surface area contributed by atoms with Gasteiger partial charge in [0.1, 0.15) is 0 Å². The van der Waals surface area contributed by atoms with Gasteiger partial charge in [-0.05, 0) is 30.9 Å². The number of carbonyl (C=O) groups excluding carboxylic acids is 3. The smallest absolute Gasteiger partial charge is 0.241 e. The van der Waals surface area contributed by atoms with Crippen LogP contribution in [0.3, 0.4) is 0 Å². The van der Waals surface area contributed by atoms with Crippen molar-refractivity contribution < 1.29 is 19.1 Å². The molecule has 1 aliphatic carbocycles. The highest BCUT2D eigenvalue weighted by molar-refractivity contribution is 6.11. The predicted molar refractivity (Wildman–Crippen MR) is 104 cm³/mol. The zero-order valence-corrected chi connectivity index (χ0v) is 16.5. The molecule has 0 aromatic heterocycles. The number of nitrogens with zero attached hydrogens (tertiary/aromatic N) is 2. The molecule has 0 spiro atoms. The van der Waals surface area contributed by atoms with Gasteiger partial charge in [0.25, 0.3) is 0 Å². The fraction of sp³-hybridized carbons (Fsp3) is 0.591. The fourth-order valence-electron chi connectivity index (χ4n) is 5.03. The van der Waals surface area contributed by atoms with Gasteiger partial charge < -0.3 is 9.64 Å². The quantitative estimate of drug-likeness (QED) is 0.747. The maximum absolute atomic E-state index is 13.7. The van der Waals surface area contributed by atoms with E-state index in [9.17, 15) is 14.4 Å². The minimum Gasteiger partial charge on any atom is -0.378 e. The molecule has 3 amide bonds. The van der Waals surface area contributed by atoms with E-state index in [2.05, 4.69) is 0 Å². The number of likely N-dealkylation sites (tertiary alicyclic amines) is 1. The molecule has 1 unspecified atom stereocenters. The van der Waals surface area contributed by atoms with Crippen molar-refractivity contribution in [2.24, 2.45) is 0 Å². The van der Waals surface area contributed by atoms with Crippen LogP contribution in [-0.2, 0) is 24.5 Å². The summed E-state index contributed by atoms with van der Waals surface area (Å²) in [6.07, 6.45) is 3.98. The molecule has 1 aromatic rings. The minimum absolute atomic E-state index is 0.00983. The van der Waals surface area contributed by atoms with Gasteiger partial charge in [-0.3, -0.25) is 19.3 Å². The van der Waals surface area contributed by atoms with Crippen LogP contribution in [0.5, 0.6) is 0 Å². The summed E-state index contributed by atoms with van der Waals surface area (Å²) in [5, 5.41) is 0. The lowest BCUT2D eigenvalue weighted by molar-refractivity contribution is -0.145. The Morgan fingerprint density at radius 3 is 2.50 bits per heavy atom. The number of morpholine rings is 1. The van der Waals surface area contributed by atoms with Crippen molar-refractivity contribution >= 4 is 17.7 Å². The van der Waals surface area contributed by atoms with Gasteiger partial charge in [0.15, 0.2) is 0 Å². The minimum atomic E-state index is -1.08. The van der Waals surface area contributed by atoms with Crippen LogP contribution in [0.4, 0.5) is 0 Å². The molecule has 0 bridgehead atoms. The third-order valence-electron chi connectivity index (χ3n) is 6.52. The summed E-state index contributed by atoms with van der Waals surface area (Å²) in [5.74, 6) is -0.379. The van der Waals surface area contributed by atoms with Gasteiger partial charge in [0, 0.05) is 32.0 Å². The Morgan fingerprint density at radius 1 is 1.14 bits per heavy atom. The monoisotopic (exact) mass is 384 g/mol. The Hall–Kier alpha value is -2.21. The molecule has 150 valence electrons. The van der Waals surface area contributed by atoms with E-state index in [-0.39, 0.29) is 36.6 Å². The van der Waals surface area contributed by atoms with Crippen LogP contribution in [-0.4, -0.2) is 59.9 Å². The van der Waals surface area contributed by atoms with Crippen molar-refractivity contribution in [2.45, 2.75) is 56.9 Å². The van der Waals surface area contributed by atoms with Crippen molar-refractivity contribution in [2.75, 3.05) is 26.3 Å². The largest absolute Gasteiger partial charge is 0.378 e. The number of hydrogen-bond donors (Lipinski definition) is 0. The lowest BCUT2D eigenvalue weighted by Crippen LogP contribution is -2.48. The van der Waals surface area contributed by atoms with Crippen LogP contribution in [0.15, 0.2) is 24.3 Å². The molecule has 3 fully saturated rings. The second kappa shape index (κ2) is 7.66. The van der Waals surface area contributed by atoms with Gasteiger partial charge >= 0.3 is 0 Å². The van der Waals surface area contributed by atoms with E-state index in [1.807, 2.05) is 31.2 Å². The number of benzene rings is 1.